The molecule has 1 aromatic rings. The molecular formula is C11H13NO2. The first kappa shape index (κ1) is 9.06. The summed E-state index contributed by atoms with van der Waals surface area (Å²) in [5.41, 5.74) is 2.25. The van der Waals surface area contributed by atoms with Crippen LogP contribution in [0.1, 0.15) is 24.2 Å². The minimum absolute atomic E-state index is 0.0465. The molecule has 0 saturated carbocycles. The first-order valence-corrected chi connectivity index (χ1v) is 4.70. The third-order valence-corrected chi connectivity index (χ3v) is 2.44. The zero-order valence-corrected chi connectivity index (χ0v) is 8.28. The fraction of sp³-hybridized carbons (Fsp3) is 0.364. The van der Waals surface area contributed by atoms with Gasteiger partial charge >= 0.3 is 6.09 Å². The Labute approximate surface area is 83.1 Å². The highest BCUT2D eigenvalue weighted by Crippen LogP contribution is 2.25. The van der Waals surface area contributed by atoms with Gasteiger partial charge in [0.15, 0.2) is 0 Å². The molecule has 0 aliphatic carbocycles. The summed E-state index contributed by atoms with van der Waals surface area (Å²) in [6.45, 7) is 3.97. The van der Waals surface area contributed by atoms with Crippen molar-refractivity contribution in [3.8, 4) is 0 Å². The number of carbonyl (C=O) groups is 1. The number of alkyl carbamates (subject to hydrolysis) is 1. The van der Waals surface area contributed by atoms with E-state index in [-0.39, 0.29) is 18.2 Å². The fourth-order valence-corrected chi connectivity index (χ4v) is 1.63. The van der Waals surface area contributed by atoms with Gasteiger partial charge in [-0.25, -0.2) is 4.79 Å². The van der Waals surface area contributed by atoms with Crippen LogP contribution >= 0.6 is 0 Å². The van der Waals surface area contributed by atoms with E-state index in [9.17, 15) is 4.79 Å². The third kappa shape index (κ3) is 1.58. The number of ether oxygens (including phenoxy) is 1. The molecule has 3 heteroatoms. The summed E-state index contributed by atoms with van der Waals surface area (Å²) in [6, 6.07) is 8.08. The summed E-state index contributed by atoms with van der Waals surface area (Å²) < 4.78 is 5.15. The standard InChI is InChI=1S/C11H13NO2/c1-7-3-5-9(6-4-7)10-8(2)12-11(13)14-10/h3-6,8,10H,1-2H3,(H,12,13)/t8-,10+/m0/s1. The van der Waals surface area contributed by atoms with E-state index < -0.39 is 0 Å². The van der Waals surface area contributed by atoms with Gasteiger partial charge in [0.1, 0.15) is 6.10 Å². The normalized spacial score (nSPS) is 25.7. The van der Waals surface area contributed by atoms with Crippen molar-refractivity contribution in [3.63, 3.8) is 0 Å². The molecule has 74 valence electrons. The maximum absolute atomic E-state index is 11.0. The minimum Gasteiger partial charge on any atom is -0.439 e. The van der Waals surface area contributed by atoms with Gasteiger partial charge in [0.2, 0.25) is 0 Å². The first-order valence-electron chi connectivity index (χ1n) is 4.70. The highest BCUT2D eigenvalue weighted by molar-refractivity contribution is 5.70. The number of hydrogen-bond acceptors (Lipinski definition) is 2. The van der Waals surface area contributed by atoms with Crippen molar-refractivity contribution in [2.45, 2.75) is 26.0 Å². The smallest absolute Gasteiger partial charge is 0.408 e. The predicted molar refractivity (Wildman–Crippen MR) is 53.0 cm³/mol. The lowest BCUT2D eigenvalue weighted by Gasteiger charge is -2.12. The number of carbonyl (C=O) groups excluding carboxylic acids is 1. The van der Waals surface area contributed by atoms with Gasteiger partial charge in [-0.2, -0.15) is 0 Å². The Morgan fingerprint density at radius 3 is 2.43 bits per heavy atom. The van der Waals surface area contributed by atoms with Crippen LogP contribution in [-0.4, -0.2) is 12.1 Å². The van der Waals surface area contributed by atoms with Crippen LogP contribution in [0.25, 0.3) is 0 Å². The highest BCUT2D eigenvalue weighted by atomic mass is 16.6. The quantitative estimate of drug-likeness (QED) is 0.738. The first-order chi connectivity index (χ1) is 6.66. The van der Waals surface area contributed by atoms with E-state index >= 15 is 0 Å². The Hall–Kier alpha value is -1.51. The van der Waals surface area contributed by atoms with Crippen LogP contribution in [0.3, 0.4) is 0 Å². The second-order valence-corrected chi connectivity index (χ2v) is 3.67. The summed E-state index contributed by atoms with van der Waals surface area (Å²) in [5.74, 6) is 0. The molecule has 0 aromatic heterocycles. The van der Waals surface area contributed by atoms with Crippen molar-refractivity contribution in [2.24, 2.45) is 0 Å². The molecule has 0 unspecified atom stereocenters. The molecule has 0 spiro atoms. The number of hydrogen-bond donors (Lipinski definition) is 1. The van der Waals surface area contributed by atoms with Gasteiger partial charge in [0.25, 0.3) is 0 Å². The zero-order valence-electron chi connectivity index (χ0n) is 8.28. The Kier molecular flexibility index (Phi) is 2.15. The molecule has 2 atom stereocenters. The lowest BCUT2D eigenvalue weighted by molar-refractivity contribution is 0.134. The molecule has 1 aliphatic rings. The van der Waals surface area contributed by atoms with Crippen molar-refractivity contribution in [2.75, 3.05) is 0 Å². The van der Waals surface area contributed by atoms with Gasteiger partial charge in [-0.15, -0.1) is 0 Å². The molecule has 1 heterocycles. The topological polar surface area (TPSA) is 38.3 Å². The molecule has 3 nitrogen and oxygen atoms in total. The summed E-state index contributed by atoms with van der Waals surface area (Å²) in [5, 5.41) is 2.72. The zero-order chi connectivity index (χ0) is 10.1. The number of aryl methyl sites for hydroxylation is 1. The van der Waals surface area contributed by atoms with Gasteiger partial charge in [-0.05, 0) is 19.4 Å². The number of rotatable bonds is 1. The second-order valence-electron chi connectivity index (χ2n) is 3.67. The van der Waals surface area contributed by atoms with Gasteiger partial charge in [-0.3, -0.25) is 0 Å². The van der Waals surface area contributed by atoms with Crippen LogP contribution in [0, 0.1) is 6.92 Å². The number of cyclic esters (lactones) is 1. The molecule has 1 saturated heterocycles. The largest absolute Gasteiger partial charge is 0.439 e. The van der Waals surface area contributed by atoms with E-state index in [1.165, 1.54) is 5.56 Å². The van der Waals surface area contributed by atoms with E-state index in [0.717, 1.165) is 5.56 Å². The Balaban J connectivity index is 2.23. The van der Waals surface area contributed by atoms with Crippen molar-refractivity contribution < 1.29 is 9.53 Å². The third-order valence-electron chi connectivity index (χ3n) is 2.44. The maximum Gasteiger partial charge on any atom is 0.408 e. The summed E-state index contributed by atoms with van der Waals surface area (Å²) in [7, 11) is 0. The summed E-state index contributed by atoms with van der Waals surface area (Å²) in [4.78, 5) is 11.0. The van der Waals surface area contributed by atoms with E-state index in [2.05, 4.69) is 5.32 Å². The second kappa shape index (κ2) is 3.33. The highest BCUT2D eigenvalue weighted by Gasteiger charge is 2.31. The lowest BCUT2D eigenvalue weighted by Crippen LogP contribution is -2.23. The van der Waals surface area contributed by atoms with Crippen molar-refractivity contribution in [1.29, 1.82) is 0 Å². The van der Waals surface area contributed by atoms with Crippen LogP contribution in [0.15, 0.2) is 24.3 Å². The number of benzene rings is 1. The summed E-state index contributed by atoms with van der Waals surface area (Å²) >= 11 is 0. The SMILES string of the molecule is Cc1ccc([C@@H]2OC(=O)N[C@H]2C)cc1. The Bertz CT molecular complexity index is 345. The fourth-order valence-electron chi connectivity index (χ4n) is 1.63. The van der Waals surface area contributed by atoms with Crippen LogP contribution in [-0.2, 0) is 4.74 Å². The van der Waals surface area contributed by atoms with Crippen molar-refractivity contribution in [1.82, 2.24) is 5.32 Å². The van der Waals surface area contributed by atoms with Crippen LogP contribution in [0.2, 0.25) is 0 Å². The molecule has 1 aliphatic heterocycles. The predicted octanol–water partition coefficient (Wildman–Crippen LogP) is 2.16. The monoisotopic (exact) mass is 191 g/mol. The molecule has 2 rings (SSSR count). The molecule has 14 heavy (non-hydrogen) atoms. The molecule has 1 N–H and O–H groups in total. The lowest BCUT2D eigenvalue weighted by atomic mass is 10.0. The van der Waals surface area contributed by atoms with Gasteiger partial charge in [0, 0.05) is 0 Å². The van der Waals surface area contributed by atoms with Gasteiger partial charge < -0.3 is 10.1 Å². The molecule has 1 aromatic carbocycles. The molecule has 1 amide bonds. The Morgan fingerprint density at radius 1 is 1.29 bits per heavy atom. The van der Waals surface area contributed by atoms with Crippen molar-refractivity contribution in [3.05, 3.63) is 35.4 Å². The van der Waals surface area contributed by atoms with Crippen molar-refractivity contribution >= 4 is 6.09 Å². The van der Waals surface area contributed by atoms with E-state index in [4.69, 9.17) is 4.74 Å². The molecule has 0 radical (unpaired) electrons. The molecule has 0 bridgehead atoms. The number of nitrogens with one attached hydrogen (secondary N) is 1. The average molecular weight is 191 g/mol. The van der Waals surface area contributed by atoms with Crippen LogP contribution < -0.4 is 5.32 Å². The maximum atomic E-state index is 11.0. The van der Waals surface area contributed by atoms with Crippen LogP contribution in [0.4, 0.5) is 4.79 Å². The van der Waals surface area contributed by atoms with Gasteiger partial charge in [-0.1, -0.05) is 29.8 Å². The number of amides is 1. The average Bonchev–Trinajstić information content (AvgIpc) is 2.47. The summed E-state index contributed by atoms with van der Waals surface area (Å²) in [6.07, 6.45) is -0.480. The van der Waals surface area contributed by atoms with Gasteiger partial charge in [0.05, 0.1) is 6.04 Å². The Morgan fingerprint density at radius 2 is 1.93 bits per heavy atom. The van der Waals surface area contributed by atoms with Crippen LogP contribution in [0.5, 0.6) is 0 Å². The molecular weight excluding hydrogens is 178 g/mol. The van der Waals surface area contributed by atoms with E-state index in [0.29, 0.717) is 0 Å². The molecule has 1 fully saturated rings. The minimum atomic E-state index is -0.330. The van der Waals surface area contributed by atoms with E-state index in [1.807, 2.05) is 38.1 Å². The van der Waals surface area contributed by atoms with E-state index in [1.54, 1.807) is 0 Å².